The number of nitrogens with zero attached hydrogens (tertiary/aromatic N) is 1. The summed E-state index contributed by atoms with van der Waals surface area (Å²) in [5.41, 5.74) is 3.93. The number of fused-ring (bicyclic) bond motifs is 1. The molecule has 0 spiro atoms. The van der Waals surface area contributed by atoms with Crippen molar-refractivity contribution in [1.82, 2.24) is 4.98 Å². The lowest BCUT2D eigenvalue weighted by Crippen LogP contribution is -2.17. The van der Waals surface area contributed by atoms with Crippen molar-refractivity contribution in [1.29, 1.82) is 0 Å². The minimum atomic E-state index is -0.276. The van der Waals surface area contributed by atoms with Crippen molar-refractivity contribution in [3.05, 3.63) is 108 Å². The van der Waals surface area contributed by atoms with Crippen molar-refractivity contribution in [3.8, 4) is 11.5 Å². The van der Waals surface area contributed by atoms with Crippen LogP contribution in [0, 0.1) is 0 Å². The number of pyridine rings is 1. The van der Waals surface area contributed by atoms with E-state index in [1.54, 1.807) is 36.5 Å². The molecule has 1 aromatic heterocycles. The number of rotatable bonds is 8. The number of carbonyl (C=O) groups is 2. The molecule has 0 aliphatic carbocycles. The molecule has 0 saturated heterocycles. The highest BCUT2D eigenvalue weighted by Gasteiger charge is 2.17. The predicted octanol–water partition coefficient (Wildman–Crippen LogP) is 5.38. The van der Waals surface area contributed by atoms with Crippen LogP contribution < -0.4 is 20.1 Å². The zero-order valence-corrected chi connectivity index (χ0v) is 20.1. The zero-order chi connectivity index (χ0) is 24.7. The lowest BCUT2D eigenvalue weighted by molar-refractivity contribution is -0.113. The highest BCUT2D eigenvalue weighted by Crippen LogP contribution is 2.34. The largest absolute Gasteiger partial charge is 0.454 e. The number of aromatic nitrogens is 1. The van der Waals surface area contributed by atoms with E-state index in [4.69, 9.17) is 9.47 Å². The number of thioether (sulfide) groups is 1. The van der Waals surface area contributed by atoms with E-state index in [1.165, 1.54) is 11.8 Å². The van der Waals surface area contributed by atoms with Crippen LogP contribution in [0.4, 0.5) is 11.4 Å². The van der Waals surface area contributed by atoms with Gasteiger partial charge >= 0.3 is 0 Å². The van der Waals surface area contributed by atoms with Crippen LogP contribution in [-0.4, -0.2) is 29.3 Å². The molecule has 0 bridgehead atoms. The van der Waals surface area contributed by atoms with Gasteiger partial charge in [0.15, 0.2) is 11.5 Å². The second-order valence-corrected chi connectivity index (χ2v) is 9.00. The molecule has 4 aromatic rings. The Morgan fingerprint density at radius 2 is 1.67 bits per heavy atom. The molecule has 2 N–H and O–H groups in total. The van der Waals surface area contributed by atoms with Gasteiger partial charge in [0.25, 0.3) is 5.91 Å². The molecule has 1 aliphatic rings. The van der Waals surface area contributed by atoms with Crippen LogP contribution >= 0.6 is 11.8 Å². The lowest BCUT2D eigenvalue weighted by Gasteiger charge is -2.13. The molecule has 2 amide bonds. The fourth-order valence-electron chi connectivity index (χ4n) is 3.79. The van der Waals surface area contributed by atoms with E-state index in [0.29, 0.717) is 34.2 Å². The van der Waals surface area contributed by atoms with Crippen LogP contribution in [0.25, 0.3) is 0 Å². The first-order valence-electron chi connectivity index (χ1n) is 11.4. The number of hydrogen-bond acceptors (Lipinski definition) is 6. The third-order valence-corrected chi connectivity index (χ3v) is 6.52. The predicted molar refractivity (Wildman–Crippen MR) is 140 cm³/mol. The summed E-state index contributed by atoms with van der Waals surface area (Å²) in [6, 6.07) is 26.5. The average Bonchev–Trinajstić information content (AvgIpc) is 3.37. The molecule has 0 radical (unpaired) electrons. The number of ether oxygens (including phenoxy) is 2. The number of hydrogen-bond donors (Lipinski definition) is 2. The van der Waals surface area contributed by atoms with Gasteiger partial charge in [0.05, 0.1) is 11.3 Å². The van der Waals surface area contributed by atoms with Crippen molar-refractivity contribution in [2.24, 2.45) is 0 Å². The molecular formula is C28H23N3O4S. The lowest BCUT2D eigenvalue weighted by atomic mass is 10.0. The standard InChI is InChI=1S/C28H23N3O4S/c32-26(30-21-12-13-24-25(16-21)35-18-34-24)17-36-28-22(10-6-14-29-28)27(33)31-23-11-5-4-9-20(23)15-19-7-2-1-3-8-19/h1-14,16H,15,17-18H2,(H,30,32)(H,31,33). The van der Waals surface area contributed by atoms with Crippen molar-refractivity contribution < 1.29 is 19.1 Å². The van der Waals surface area contributed by atoms with E-state index in [1.807, 2.05) is 42.5 Å². The molecule has 0 unspecified atom stereocenters. The Labute approximate surface area is 212 Å². The molecule has 7 nitrogen and oxygen atoms in total. The first-order chi connectivity index (χ1) is 17.7. The molecule has 2 heterocycles. The summed E-state index contributed by atoms with van der Waals surface area (Å²) in [5.74, 6) is 0.843. The number of anilines is 2. The second-order valence-electron chi connectivity index (χ2n) is 8.03. The SMILES string of the molecule is O=C(CSc1ncccc1C(=O)Nc1ccccc1Cc1ccccc1)Nc1ccc2c(c1)OCO2. The summed E-state index contributed by atoms with van der Waals surface area (Å²) >= 11 is 1.21. The van der Waals surface area contributed by atoms with Gasteiger partial charge in [-0.3, -0.25) is 9.59 Å². The Bertz CT molecular complexity index is 1390. The first-order valence-corrected chi connectivity index (χ1v) is 12.3. The van der Waals surface area contributed by atoms with Gasteiger partial charge in [-0.15, -0.1) is 0 Å². The normalized spacial score (nSPS) is 11.7. The van der Waals surface area contributed by atoms with Crippen LogP contribution in [0.2, 0.25) is 0 Å². The van der Waals surface area contributed by atoms with E-state index in [9.17, 15) is 9.59 Å². The van der Waals surface area contributed by atoms with Gasteiger partial charge < -0.3 is 20.1 Å². The summed E-state index contributed by atoms with van der Waals surface area (Å²) in [6.07, 6.45) is 2.31. The van der Waals surface area contributed by atoms with Crippen molar-refractivity contribution in [2.45, 2.75) is 11.4 Å². The molecule has 0 saturated carbocycles. The topological polar surface area (TPSA) is 89.6 Å². The van der Waals surface area contributed by atoms with E-state index < -0.39 is 0 Å². The van der Waals surface area contributed by atoms with Crippen molar-refractivity contribution >= 4 is 35.0 Å². The van der Waals surface area contributed by atoms with Crippen LogP contribution in [0.3, 0.4) is 0 Å². The smallest absolute Gasteiger partial charge is 0.258 e. The molecule has 180 valence electrons. The third-order valence-electron chi connectivity index (χ3n) is 5.52. The maximum absolute atomic E-state index is 13.2. The fourth-order valence-corrected chi connectivity index (χ4v) is 4.58. The molecule has 1 aliphatic heterocycles. The quantitative estimate of drug-likeness (QED) is 0.318. The molecule has 3 aromatic carbocycles. The monoisotopic (exact) mass is 497 g/mol. The number of nitrogens with one attached hydrogen (secondary N) is 2. The fraction of sp³-hybridized carbons (Fsp3) is 0.107. The number of amides is 2. The number of carbonyl (C=O) groups excluding carboxylic acids is 2. The summed E-state index contributed by atoms with van der Waals surface area (Å²) in [6.45, 7) is 0.170. The van der Waals surface area contributed by atoms with Gasteiger partial charge in [-0.1, -0.05) is 60.3 Å². The van der Waals surface area contributed by atoms with Crippen LogP contribution in [0.1, 0.15) is 21.5 Å². The number of benzene rings is 3. The highest BCUT2D eigenvalue weighted by molar-refractivity contribution is 8.00. The van der Waals surface area contributed by atoms with Crippen LogP contribution in [0.5, 0.6) is 11.5 Å². The summed E-state index contributed by atoms with van der Waals surface area (Å²) in [5, 5.41) is 6.34. The van der Waals surface area contributed by atoms with Crippen LogP contribution in [0.15, 0.2) is 96.2 Å². The Balaban J connectivity index is 1.24. The van der Waals surface area contributed by atoms with E-state index >= 15 is 0 Å². The van der Waals surface area contributed by atoms with Gasteiger partial charge in [-0.2, -0.15) is 0 Å². The third kappa shape index (κ3) is 5.67. The minimum absolute atomic E-state index is 0.0936. The maximum atomic E-state index is 13.2. The Morgan fingerprint density at radius 1 is 0.861 bits per heavy atom. The van der Waals surface area contributed by atoms with E-state index in [0.717, 1.165) is 16.8 Å². The summed E-state index contributed by atoms with van der Waals surface area (Å²) in [4.78, 5) is 30.1. The molecular weight excluding hydrogens is 474 g/mol. The Morgan fingerprint density at radius 3 is 2.56 bits per heavy atom. The van der Waals surface area contributed by atoms with Gasteiger partial charge in [-0.25, -0.2) is 4.98 Å². The zero-order valence-electron chi connectivity index (χ0n) is 19.3. The maximum Gasteiger partial charge on any atom is 0.258 e. The molecule has 5 rings (SSSR count). The first kappa shape index (κ1) is 23.4. The van der Waals surface area contributed by atoms with Crippen LogP contribution in [-0.2, 0) is 11.2 Å². The average molecular weight is 498 g/mol. The summed E-state index contributed by atoms with van der Waals surface area (Å²) in [7, 11) is 0. The van der Waals surface area contributed by atoms with Gasteiger partial charge in [0.1, 0.15) is 5.03 Å². The second kappa shape index (κ2) is 11.0. The molecule has 36 heavy (non-hydrogen) atoms. The molecule has 0 atom stereocenters. The summed E-state index contributed by atoms with van der Waals surface area (Å²) < 4.78 is 10.6. The molecule has 8 heteroatoms. The Kier molecular flexibility index (Phi) is 7.14. The van der Waals surface area contributed by atoms with E-state index in [2.05, 4.69) is 27.8 Å². The molecule has 0 fully saturated rings. The Hall–Kier alpha value is -4.30. The van der Waals surface area contributed by atoms with Gasteiger partial charge in [0, 0.05) is 23.6 Å². The number of para-hydroxylation sites is 1. The van der Waals surface area contributed by atoms with Gasteiger partial charge in [0.2, 0.25) is 12.7 Å². The van der Waals surface area contributed by atoms with E-state index in [-0.39, 0.29) is 24.4 Å². The van der Waals surface area contributed by atoms with Crippen molar-refractivity contribution in [3.63, 3.8) is 0 Å². The highest BCUT2D eigenvalue weighted by atomic mass is 32.2. The van der Waals surface area contributed by atoms with Gasteiger partial charge in [-0.05, 0) is 47.9 Å². The van der Waals surface area contributed by atoms with Crippen molar-refractivity contribution in [2.75, 3.05) is 23.2 Å². The minimum Gasteiger partial charge on any atom is -0.454 e.